The molecule has 0 unspecified atom stereocenters. The van der Waals surface area contributed by atoms with E-state index in [1.165, 1.54) is 0 Å². The highest BCUT2D eigenvalue weighted by atomic mass is 31.2. The van der Waals surface area contributed by atoms with Gasteiger partial charge in [0.1, 0.15) is 0 Å². The fourth-order valence-electron chi connectivity index (χ4n) is 0.993. The molecule has 0 heterocycles. The summed E-state index contributed by atoms with van der Waals surface area (Å²) in [5.41, 5.74) is 0. The Kier molecular flexibility index (Phi) is 10.4. The molecule has 9 heteroatoms. The number of carbonyl (C=O) groups excluding carboxylic acids is 2. The van der Waals surface area contributed by atoms with Crippen LogP contribution in [-0.2, 0) is 37.8 Å². The third kappa shape index (κ3) is 9.97. The van der Waals surface area contributed by atoms with Gasteiger partial charge in [-0.2, -0.15) is 0 Å². The molecule has 0 saturated heterocycles. The molecule has 0 aromatic heterocycles. The van der Waals surface area contributed by atoms with Crippen molar-refractivity contribution in [3.63, 3.8) is 0 Å². The van der Waals surface area contributed by atoms with Gasteiger partial charge >= 0.3 is 19.8 Å². The molecule has 0 amide bonds. The normalized spacial score (nSPS) is 10.7. The molecular weight excluding hydrogens is 303 g/mol. The van der Waals surface area contributed by atoms with Crippen molar-refractivity contribution in [3.8, 4) is 0 Å². The molecule has 0 radical (unpaired) electrons. The van der Waals surface area contributed by atoms with Gasteiger partial charge in [0, 0.05) is 12.2 Å². The smallest absolute Gasteiger partial charge is 0.283 e. The van der Waals surface area contributed by atoms with Gasteiger partial charge in [-0.05, 0) is 6.42 Å². The SMILES string of the molecule is C=CC(=O)OOP(=O)(OCCCCCC)OOC(=O)C=C. The molecule has 0 aliphatic carbocycles. The van der Waals surface area contributed by atoms with E-state index in [1.54, 1.807) is 0 Å². The quantitative estimate of drug-likeness (QED) is 0.178. The zero-order valence-corrected chi connectivity index (χ0v) is 12.7. The molecular formula is C12H19O8P. The Morgan fingerprint density at radius 2 is 1.52 bits per heavy atom. The van der Waals surface area contributed by atoms with Crippen molar-refractivity contribution in [1.82, 2.24) is 0 Å². The fourth-order valence-corrected chi connectivity index (χ4v) is 1.79. The second-order valence-corrected chi connectivity index (χ2v) is 5.15. The van der Waals surface area contributed by atoms with Crippen LogP contribution in [0.15, 0.2) is 25.3 Å². The third-order valence-electron chi connectivity index (χ3n) is 2.00. The number of hydrogen-bond acceptors (Lipinski definition) is 8. The summed E-state index contributed by atoms with van der Waals surface area (Å²) in [4.78, 5) is 29.9. The number of hydrogen-bond donors (Lipinski definition) is 0. The van der Waals surface area contributed by atoms with Crippen molar-refractivity contribution in [2.45, 2.75) is 32.6 Å². The Morgan fingerprint density at radius 1 is 1.00 bits per heavy atom. The Balaban J connectivity index is 4.39. The first-order valence-electron chi connectivity index (χ1n) is 6.27. The van der Waals surface area contributed by atoms with Gasteiger partial charge in [0.15, 0.2) is 0 Å². The van der Waals surface area contributed by atoms with Gasteiger partial charge in [-0.1, -0.05) is 48.7 Å². The molecule has 0 N–H and O–H groups in total. The van der Waals surface area contributed by atoms with E-state index in [-0.39, 0.29) is 6.61 Å². The predicted octanol–water partition coefficient (Wildman–Crippen LogP) is 3.01. The minimum Gasteiger partial charge on any atom is -0.283 e. The van der Waals surface area contributed by atoms with E-state index in [2.05, 4.69) is 32.3 Å². The summed E-state index contributed by atoms with van der Waals surface area (Å²) in [6, 6.07) is 0. The van der Waals surface area contributed by atoms with E-state index in [0.717, 1.165) is 31.4 Å². The molecule has 0 aromatic rings. The van der Waals surface area contributed by atoms with Crippen LogP contribution >= 0.6 is 7.82 Å². The Hall–Kier alpha value is -1.47. The van der Waals surface area contributed by atoms with Crippen LogP contribution in [-0.4, -0.2) is 18.5 Å². The maximum Gasteiger partial charge on any atom is 0.547 e. The molecule has 0 bridgehead atoms. The van der Waals surface area contributed by atoms with Crippen LogP contribution in [0.1, 0.15) is 32.6 Å². The average Bonchev–Trinajstić information content (AvgIpc) is 2.50. The molecule has 0 aliphatic heterocycles. The summed E-state index contributed by atoms with van der Waals surface area (Å²) >= 11 is 0. The first-order chi connectivity index (χ1) is 9.97. The van der Waals surface area contributed by atoms with E-state index in [4.69, 9.17) is 4.52 Å². The molecule has 0 atom stereocenters. The van der Waals surface area contributed by atoms with Gasteiger partial charge in [0.05, 0.1) is 6.61 Å². The lowest BCUT2D eigenvalue weighted by atomic mass is 10.2. The monoisotopic (exact) mass is 322 g/mol. The zero-order chi connectivity index (χ0) is 16.1. The van der Waals surface area contributed by atoms with Crippen LogP contribution in [0, 0.1) is 0 Å². The first-order valence-corrected chi connectivity index (χ1v) is 7.73. The molecule has 0 spiro atoms. The summed E-state index contributed by atoms with van der Waals surface area (Å²) < 4.78 is 25.4. The molecule has 0 saturated carbocycles. The largest absolute Gasteiger partial charge is 0.547 e. The second kappa shape index (κ2) is 11.2. The van der Waals surface area contributed by atoms with Gasteiger partial charge in [0.2, 0.25) is 0 Å². The number of phosphoric acid groups is 1. The molecule has 21 heavy (non-hydrogen) atoms. The Labute approximate surface area is 123 Å². The van der Waals surface area contributed by atoms with Crippen molar-refractivity contribution in [2.24, 2.45) is 0 Å². The zero-order valence-electron chi connectivity index (χ0n) is 11.8. The van der Waals surface area contributed by atoms with Gasteiger partial charge in [0.25, 0.3) is 0 Å². The van der Waals surface area contributed by atoms with Crippen molar-refractivity contribution in [1.29, 1.82) is 0 Å². The molecule has 0 rings (SSSR count). The van der Waals surface area contributed by atoms with Gasteiger partial charge in [-0.25, -0.2) is 14.2 Å². The fraction of sp³-hybridized carbons (Fsp3) is 0.500. The van der Waals surface area contributed by atoms with E-state index in [1.807, 2.05) is 6.92 Å². The average molecular weight is 322 g/mol. The van der Waals surface area contributed by atoms with Crippen molar-refractivity contribution >= 4 is 19.8 Å². The number of carbonyl (C=O) groups is 2. The van der Waals surface area contributed by atoms with Crippen LogP contribution < -0.4 is 0 Å². The van der Waals surface area contributed by atoms with Crippen LogP contribution in [0.25, 0.3) is 0 Å². The van der Waals surface area contributed by atoms with Crippen molar-refractivity contribution in [2.75, 3.05) is 6.61 Å². The van der Waals surface area contributed by atoms with Crippen molar-refractivity contribution < 1.29 is 37.8 Å². The standard InChI is InChI=1S/C12H19O8P/c1-4-7-8-9-10-16-21(15,19-17-11(13)5-2)20-18-12(14)6-3/h5-6H,2-4,7-10H2,1H3. The number of rotatable bonds is 12. The lowest BCUT2D eigenvalue weighted by Crippen LogP contribution is -2.08. The summed E-state index contributed by atoms with van der Waals surface area (Å²) in [6.07, 6.45) is 4.97. The van der Waals surface area contributed by atoms with Crippen LogP contribution in [0.3, 0.4) is 0 Å². The lowest BCUT2D eigenvalue weighted by molar-refractivity contribution is -0.257. The highest BCUT2D eigenvalue weighted by Crippen LogP contribution is 2.50. The van der Waals surface area contributed by atoms with Crippen LogP contribution in [0.2, 0.25) is 0 Å². The molecule has 0 fully saturated rings. The summed E-state index contributed by atoms with van der Waals surface area (Å²) in [5.74, 6) is -2.02. The third-order valence-corrected chi connectivity index (χ3v) is 3.02. The number of unbranched alkanes of at least 4 members (excludes halogenated alkanes) is 3. The van der Waals surface area contributed by atoms with E-state index in [0.29, 0.717) is 6.42 Å². The summed E-state index contributed by atoms with van der Waals surface area (Å²) in [6.45, 7) is 8.28. The predicted molar refractivity (Wildman–Crippen MR) is 72.4 cm³/mol. The highest BCUT2D eigenvalue weighted by Gasteiger charge is 2.33. The molecule has 8 nitrogen and oxygen atoms in total. The molecule has 0 aromatic carbocycles. The maximum absolute atomic E-state index is 12.0. The van der Waals surface area contributed by atoms with E-state index >= 15 is 0 Å². The van der Waals surface area contributed by atoms with Crippen LogP contribution in [0.4, 0.5) is 0 Å². The van der Waals surface area contributed by atoms with Gasteiger partial charge in [-0.3, -0.25) is 14.3 Å². The topological polar surface area (TPSA) is 97.4 Å². The van der Waals surface area contributed by atoms with Gasteiger partial charge < -0.3 is 0 Å². The second-order valence-electron chi connectivity index (χ2n) is 3.70. The minimum absolute atomic E-state index is 0.00849. The highest BCUT2D eigenvalue weighted by molar-refractivity contribution is 7.48. The Bertz CT molecular complexity index is 378. The molecule has 120 valence electrons. The lowest BCUT2D eigenvalue weighted by Gasteiger charge is -2.13. The van der Waals surface area contributed by atoms with Crippen LogP contribution in [0.5, 0.6) is 0 Å². The summed E-state index contributed by atoms with van der Waals surface area (Å²) in [5, 5.41) is 0. The van der Waals surface area contributed by atoms with E-state index in [9.17, 15) is 14.2 Å². The molecule has 0 aliphatic rings. The minimum atomic E-state index is -4.38. The first kappa shape index (κ1) is 19.5. The van der Waals surface area contributed by atoms with Crippen molar-refractivity contribution in [3.05, 3.63) is 25.3 Å². The maximum atomic E-state index is 12.0. The van der Waals surface area contributed by atoms with E-state index < -0.39 is 19.8 Å². The van der Waals surface area contributed by atoms with Gasteiger partial charge in [-0.15, -0.1) is 0 Å². The summed E-state index contributed by atoms with van der Waals surface area (Å²) in [7, 11) is -4.38. The Morgan fingerprint density at radius 3 is 1.95 bits per heavy atom.